The highest BCUT2D eigenvalue weighted by molar-refractivity contribution is 7.13. The number of aliphatic carboxylic acids is 1. The lowest BCUT2D eigenvalue weighted by atomic mass is 10.1. The van der Waals surface area contributed by atoms with E-state index in [4.69, 9.17) is 10.5 Å². The summed E-state index contributed by atoms with van der Waals surface area (Å²) >= 11 is 1.09. The molecule has 0 saturated carbocycles. The maximum Gasteiger partial charge on any atom is 0.354 e. The summed E-state index contributed by atoms with van der Waals surface area (Å²) in [7, 11) is 1.24. The maximum absolute atomic E-state index is 12.8. The molecule has 0 aromatic carbocycles. The molecule has 1 saturated heterocycles. The number of anilines is 1. The third kappa shape index (κ3) is 3.81. The van der Waals surface area contributed by atoms with E-state index in [1.165, 1.54) is 17.5 Å². The average molecular weight is 438 g/mol. The normalized spacial score (nSPS) is 19.1. The molecule has 14 heteroatoms. The fourth-order valence-corrected chi connectivity index (χ4v) is 3.60. The van der Waals surface area contributed by atoms with Crippen molar-refractivity contribution in [2.45, 2.75) is 13.0 Å². The molecule has 2 aliphatic rings. The van der Waals surface area contributed by atoms with Gasteiger partial charge in [-0.3, -0.25) is 9.59 Å². The lowest BCUT2D eigenvalue weighted by molar-refractivity contribution is -0.143. The number of nitrogen functional groups attached to an aromatic ring is 1. The van der Waals surface area contributed by atoms with Crippen molar-refractivity contribution in [3.05, 3.63) is 22.3 Å². The highest BCUT2D eigenvalue weighted by Gasteiger charge is 2.49. The van der Waals surface area contributed by atoms with Crippen molar-refractivity contribution in [1.29, 1.82) is 0 Å². The van der Waals surface area contributed by atoms with Crippen LogP contribution in [-0.4, -0.2) is 82.4 Å². The number of oxime groups is 1. The van der Waals surface area contributed by atoms with Crippen molar-refractivity contribution in [2.75, 3.05) is 32.5 Å². The zero-order chi connectivity index (χ0) is 22.0. The molecule has 30 heavy (non-hydrogen) atoms. The van der Waals surface area contributed by atoms with Crippen LogP contribution in [0.15, 0.2) is 21.8 Å². The van der Waals surface area contributed by atoms with Crippen LogP contribution in [0.4, 0.5) is 5.13 Å². The Labute approximate surface area is 173 Å². The van der Waals surface area contributed by atoms with E-state index in [0.717, 1.165) is 16.3 Å². The zero-order valence-electron chi connectivity index (χ0n) is 15.9. The molecule has 0 radical (unpaired) electrons. The van der Waals surface area contributed by atoms with Gasteiger partial charge in [0.15, 0.2) is 16.5 Å². The highest BCUT2D eigenvalue weighted by Crippen LogP contribution is 2.30. The molecule has 4 N–H and O–H groups in total. The standard InChI is InChI=1S/C16H18N6O7S/c1-3-29-15(27)7-4-21-5-8(13(24)22(21)11(7)14(25)26)18-12(23)10(20-28-2)9-6-30-16(17)19-9/h6,8H,3-5H2,1-2H3,(H2,17,19)(H,18,23)(H,25,26)/b20-10+/t8-/m0/s1. The quantitative estimate of drug-likeness (QED) is 0.259. The minimum atomic E-state index is -1.46. The molecule has 13 nitrogen and oxygen atoms in total. The van der Waals surface area contributed by atoms with Gasteiger partial charge in [-0.2, -0.15) is 0 Å². The molecule has 160 valence electrons. The number of amides is 2. The van der Waals surface area contributed by atoms with E-state index in [1.54, 1.807) is 6.92 Å². The van der Waals surface area contributed by atoms with Crippen LogP contribution in [0.3, 0.4) is 0 Å². The van der Waals surface area contributed by atoms with Crippen LogP contribution in [0.1, 0.15) is 12.6 Å². The van der Waals surface area contributed by atoms with Gasteiger partial charge in [0.1, 0.15) is 18.8 Å². The predicted molar refractivity (Wildman–Crippen MR) is 102 cm³/mol. The number of nitrogens with zero attached hydrogens (tertiary/aromatic N) is 4. The first-order chi connectivity index (χ1) is 14.3. The summed E-state index contributed by atoms with van der Waals surface area (Å²) in [4.78, 5) is 57.8. The van der Waals surface area contributed by atoms with Gasteiger partial charge in [0, 0.05) is 11.9 Å². The van der Waals surface area contributed by atoms with Gasteiger partial charge < -0.3 is 25.7 Å². The number of rotatable bonds is 7. The Bertz CT molecular complexity index is 971. The number of aromatic nitrogens is 1. The maximum atomic E-state index is 12.8. The van der Waals surface area contributed by atoms with Crippen LogP contribution in [0.25, 0.3) is 0 Å². The summed E-state index contributed by atoms with van der Waals surface area (Å²) in [6, 6.07) is -1.08. The number of thiazole rings is 1. The monoisotopic (exact) mass is 438 g/mol. The second-order valence-corrected chi connectivity index (χ2v) is 6.96. The van der Waals surface area contributed by atoms with Crippen LogP contribution in [0, 0.1) is 0 Å². The van der Waals surface area contributed by atoms with Crippen LogP contribution in [0.5, 0.6) is 0 Å². The van der Waals surface area contributed by atoms with Gasteiger partial charge in [-0.05, 0) is 6.92 Å². The van der Waals surface area contributed by atoms with Crippen LogP contribution < -0.4 is 11.1 Å². The Morgan fingerprint density at radius 3 is 2.77 bits per heavy atom. The second-order valence-electron chi connectivity index (χ2n) is 6.07. The number of ether oxygens (including phenoxy) is 1. The molecule has 0 bridgehead atoms. The number of nitrogens with one attached hydrogen (secondary N) is 1. The molecule has 1 fully saturated rings. The molecule has 1 aromatic heterocycles. The molecule has 3 rings (SSSR count). The third-order valence-corrected chi connectivity index (χ3v) is 4.89. The van der Waals surface area contributed by atoms with Crippen LogP contribution in [0.2, 0.25) is 0 Å². The van der Waals surface area contributed by atoms with Gasteiger partial charge in [0.2, 0.25) is 0 Å². The van der Waals surface area contributed by atoms with Crippen molar-refractivity contribution in [1.82, 2.24) is 20.3 Å². The largest absolute Gasteiger partial charge is 0.477 e. The first kappa shape index (κ1) is 21.2. The van der Waals surface area contributed by atoms with Gasteiger partial charge >= 0.3 is 11.9 Å². The molecule has 2 aliphatic heterocycles. The Morgan fingerprint density at radius 2 is 2.20 bits per heavy atom. The number of hydrogen-bond donors (Lipinski definition) is 3. The molecule has 3 heterocycles. The van der Waals surface area contributed by atoms with Gasteiger partial charge in [-0.25, -0.2) is 24.6 Å². The average Bonchev–Trinajstić information content (AvgIpc) is 3.35. The number of carboxylic acid groups (broad SMARTS) is 1. The van der Waals surface area contributed by atoms with Gasteiger partial charge in [-0.1, -0.05) is 5.16 Å². The summed E-state index contributed by atoms with van der Waals surface area (Å²) in [5.41, 5.74) is 4.92. The summed E-state index contributed by atoms with van der Waals surface area (Å²) in [6.07, 6.45) is 0. The molecule has 0 unspecified atom stereocenters. The molecule has 1 aromatic rings. The Hall–Kier alpha value is -3.52. The first-order valence-electron chi connectivity index (χ1n) is 8.64. The molecule has 0 spiro atoms. The van der Waals surface area contributed by atoms with Gasteiger partial charge in [-0.15, -0.1) is 11.3 Å². The fourth-order valence-electron chi connectivity index (χ4n) is 3.05. The lowest BCUT2D eigenvalue weighted by Crippen LogP contribution is -2.46. The number of esters is 1. The smallest absolute Gasteiger partial charge is 0.354 e. The van der Waals surface area contributed by atoms with E-state index >= 15 is 0 Å². The second kappa shape index (κ2) is 8.46. The van der Waals surface area contributed by atoms with E-state index in [0.29, 0.717) is 0 Å². The minimum Gasteiger partial charge on any atom is -0.477 e. The highest BCUT2D eigenvalue weighted by atomic mass is 32.1. The Morgan fingerprint density at radius 1 is 1.47 bits per heavy atom. The Balaban J connectivity index is 1.80. The van der Waals surface area contributed by atoms with Crippen LogP contribution >= 0.6 is 11.3 Å². The van der Waals surface area contributed by atoms with Crippen molar-refractivity contribution >= 4 is 45.9 Å². The molecular formula is C16H18N6O7S. The Kier molecular flexibility index (Phi) is 5.98. The van der Waals surface area contributed by atoms with Gasteiger partial charge in [0.05, 0.1) is 18.7 Å². The SMILES string of the molecule is CCOC(=O)C1=C(C(=O)O)N2C(=O)[C@@H](NC(=O)/C(=N/OC)c3csc(N)n3)CN2C1. The minimum absolute atomic E-state index is 0.0519. The number of hydrogen-bond acceptors (Lipinski definition) is 11. The van der Waals surface area contributed by atoms with E-state index in [1.807, 2.05) is 0 Å². The molecular weight excluding hydrogens is 420 g/mol. The van der Waals surface area contributed by atoms with Crippen molar-refractivity contribution in [2.24, 2.45) is 5.16 Å². The number of hydrazine groups is 1. The van der Waals surface area contributed by atoms with Crippen LogP contribution in [-0.2, 0) is 28.8 Å². The van der Waals surface area contributed by atoms with E-state index in [-0.39, 0.29) is 41.8 Å². The van der Waals surface area contributed by atoms with Crippen molar-refractivity contribution in [3.63, 3.8) is 0 Å². The number of carboxylic acids is 1. The molecule has 0 aliphatic carbocycles. The van der Waals surface area contributed by atoms with E-state index in [9.17, 15) is 24.3 Å². The summed E-state index contributed by atoms with van der Waals surface area (Å²) in [5, 5.41) is 19.6. The van der Waals surface area contributed by atoms with E-state index < -0.39 is 35.5 Å². The number of nitrogens with two attached hydrogens (primary N) is 1. The lowest BCUT2D eigenvalue weighted by Gasteiger charge is -2.18. The number of fused-ring (bicyclic) bond motifs is 1. The summed E-state index contributed by atoms with van der Waals surface area (Å²) < 4.78 is 4.87. The van der Waals surface area contributed by atoms with Gasteiger partial charge in [0.25, 0.3) is 11.8 Å². The predicted octanol–water partition coefficient (Wildman–Crippen LogP) is -1.46. The number of carbonyl (C=O) groups is 4. The molecule has 2 amide bonds. The topological polar surface area (TPSA) is 177 Å². The van der Waals surface area contributed by atoms with Crippen molar-refractivity contribution in [3.8, 4) is 0 Å². The summed E-state index contributed by atoms with van der Waals surface area (Å²) in [6.45, 7) is 1.45. The first-order valence-corrected chi connectivity index (χ1v) is 9.52. The van der Waals surface area contributed by atoms with Crippen molar-refractivity contribution < 1.29 is 33.9 Å². The third-order valence-electron chi connectivity index (χ3n) is 4.21. The number of carbonyl (C=O) groups excluding carboxylic acids is 3. The zero-order valence-corrected chi connectivity index (χ0v) is 16.8. The molecule has 1 atom stereocenters. The fraction of sp³-hybridized carbons (Fsp3) is 0.375. The summed E-state index contributed by atoms with van der Waals surface area (Å²) in [5.74, 6) is -3.74. The van der Waals surface area contributed by atoms with E-state index in [2.05, 4.69) is 20.3 Å².